The van der Waals surface area contributed by atoms with Crippen molar-refractivity contribution < 1.29 is 0 Å². The van der Waals surface area contributed by atoms with Gasteiger partial charge in [-0.3, -0.25) is 0 Å². The smallest absolute Gasteiger partial charge is 0.0628 e. The predicted octanol–water partition coefficient (Wildman–Crippen LogP) is 1.71. The Labute approximate surface area is 104 Å². The average Bonchev–Trinajstić information content (AvgIpc) is 3.21. The van der Waals surface area contributed by atoms with Crippen LogP contribution in [0.15, 0.2) is 0 Å². The van der Waals surface area contributed by atoms with E-state index in [9.17, 15) is 0 Å². The lowest BCUT2D eigenvalue weighted by molar-refractivity contribution is 0.110. The fraction of sp³-hybridized carbons (Fsp3) is 0.929. The zero-order chi connectivity index (χ0) is 11.7. The van der Waals surface area contributed by atoms with Crippen LogP contribution in [0.1, 0.15) is 32.1 Å². The summed E-state index contributed by atoms with van der Waals surface area (Å²) in [6, 6.07) is 2.37. The summed E-state index contributed by atoms with van der Waals surface area (Å²) in [5.74, 6) is 1.02. The summed E-state index contributed by atoms with van der Waals surface area (Å²) in [5, 5.41) is 8.84. The molecule has 1 heterocycles. The molecule has 94 valence electrons. The number of hydrogen-bond donors (Lipinski definition) is 0. The second-order valence-corrected chi connectivity index (χ2v) is 6.36. The molecule has 0 aromatic carbocycles. The standard InChI is InChI=1S/C14H23N3/c15-6-5-14(3-4-14)12-17-9-7-16(8-10-17)11-13-1-2-13/h13H,1-5,7-12H2. The van der Waals surface area contributed by atoms with Gasteiger partial charge in [-0.15, -0.1) is 0 Å². The van der Waals surface area contributed by atoms with E-state index in [0.717, 1.165) is 12.3 Å². The summed E-state index contributed by atoms with van der Waals surface area (Å²) in [5.41, 5.74) is 0.396. The Kier molecular flexibility index (Phi) is 3.10. The van der Waals surface area contributed by atoms with Gasteiger partial charge in [0.1, 0.15) is 0 Å². The highest BCUT2D eigenvalue weighted by Crippen LogP contribution is 2.49. The van der Waals surface area contributed by atoms with Crippen molar-refractivity contribution in [3.63, 3.8) is 0 Å². The minimum absolute atomic E-state index is 0.396. The first kappa shape index (κ1) is 11.5. The number of nitriles is 1. The van der Waals surface area contributed by atoms with E-state index >= 15 is 0 Å². The molecule has 0 aromatic rings. The van der Waals surface area contributed by atoms with Gasteiger partial charge in [0.15, 0.2) is 0 Å². The van der Waals surface area contributed by atoms with Crippen molar-refractivity contribution >= 4 is 0 Å². The van der Waals surface area contributed by atoms with E-state index in [1.54, 1.807) is 0 Å². The first-order valence-corrected chi connectivity index (χ1v) is 7.11. The maximum Gasteiger partial charge on any atom is 0.0628 e. The monoisotopic (exact) mass is 233 g/mol. The molecule has 0 spiro atoms. The second kappa shape index (κ2) is 4.59. The zero-order valence-corrected chi connectivity index (χ0v) is 10.7. The normalized spacial score (nSPS) is 28.9. The number of piperazine rings is 1. The van der Waals surface area contributed by atoms with Gasteiger partial charge >= 0.3 is 0 Å². The quantitative estimate of drug-likeness (QED) is 0.724. The molecule has 3 aliphatic rings. The van der Waals surface area contributed by atoms with E-state index in [0.29, 0.717) is 5.41 Å². The molecule has 0 bridgehead atoms. The van der Waals surface area contributed by atoms with Crippen LogP contribution in [-0.2, 0) is 0 Å². The van der Waals surface area contributed by atoms with Crippen molar-refractivity contribution in [2.24, 2.45) is 11.3 Å². The molecular weight excluding hydrogens is 210 g/mol. The fourth-order valence-electron chi connectivity index (χ4n) is 3.01. The van der Waals surface area contributed by atoms with E-state index < -0.39 is 0 Å². The average molecular weight is 233 g/mol. The first-order valence-electron chi connectivity index (χ1n) is 7.11. The molecule has 2 saturated carbocycles. The summed E-state index contributed by atoms with van der Waals surface area (Å²) < 4.78 is 0. The Morgan fingerprint density at radius 3 is 2.24 bits per heavy atom. The third kappa shape index (κ3) is 3.00. The number of nitrogens with zero attached hydrogens (tertiary/aromatic N) is 3. The third-order valence-electron chi connectivity index (χ3n) is 4.65. The van der Waals surface area contributed by atoms with Gasteiger partial charge in [-0.2, -0.15) is 5.26 Å². The lowest BCUT2D eigenvalue weighted by Gasteiger charge is -2.36. The van der Waals surface area contributed by atoms with E-state index in [1.165, 1.54) is 65.0 Å². The molecule has 3 fully saturated rings. The molecule has 3 rings (SSSR count). The molecule has 1 aliphatic heterocycles. The molecule has 0 N–H and O–H groups in total. The van der Waals surface area contributed by atoms with Crippen molar-refractivity contribution in [2.75, 3.05) is 39.3 Å². The van der Waals surface area contributed by atoms with Crippen molar-refractivity contribution in [1.82, 2.24) is 9.80 Å². The summed E-state index contributed by atoms with van der Waals surface area (Å²) in [6.45, 7) is 7.47. The summed E-state index contributed by atoms with van der Waals surface area (Å²) in [6.07, 6.45) is 6.26. The molecule has 2 aliphatic carbocycles. The number of rotatable bonds is 5. The molecule has 17 heavy (non-hydrogen) atoms. The van der Waals surface area contributed by atoms with Crippen molar-refractivity contribution in [3.05, 3.63) is 0 Å². The predicted molar refractivity (Wildman–Crippen MR) is 67.5 cm³/mol. The highest BCUT2D eigenvalue weighted by atomic mass is 15.3. The Balaban J connectivity index is 1.40. The van der Waals surface area contributed by atoms with Crippen molar-refractivity contribution in [2.45, 2.75) is 32.1 Å². The van der Waals surface area contributed by atoms with Gasteiger partial charge in [-0.05, 0) is 37.0 Å². The highest BCUT2D eigenvalue weighted by Gasteiger charge is 2.43. The van der Waals surface area contributed by atoms with E-state index in [2.05, 4.69) is 15.9 Å². The first-order chi connectivity index (χ1) is 8.30. The van der Waals surface area contributed by atoms with Gasteiger partial charge in [0.05, 0.1) is 6.07 Å². The van der Waals surface area contributed by atoms with E-state index in [-0.39, 0.29) is 0 Å². The molecule has 3 nitrogen and oxygen atoms in total. The Morgan fingerprint density at radius 1 is 1.06 bits per heavy atom. The van der Waals surface area contributed by atoms with Gasteiger partial charge in [-0.1, -0.05) is 0 Å². The molecule has 0 atom stereocenters. The lowest BCUT2D eigenvalue weighted by atomic mass is 10.0. The van der Waals surface area contributed by atoms with Crippen LogP contribution in [0.5, 0.6) is 0 Å². The molecule has 0 radical (unpaired) electrons. The van der Waals surface area contributed by atoms with Crippen molar-refractivity contribution in [1.29, 1.82) is 5.26 Å². The summed E-state index contributed by atoms with van der Waals surface area (Å²) in [7, 11) is 0. The van der Waals surface area contributed by atoms with Crippen LogP contribution in [0.4, 0.5) is 0 Å². The molecule has 3 heteroatoms. The molecular formula is C14H23N3. The lowest BCUT2D eigenvalue weighted by Crippen LogP contribution is -2.48. The van der Waals surface area contributed by atoms with Crippen LogP contribution in [0.3, 0.4) is 0 Å². The van der Waals surface area contributed by atoms with Crippen LogP contribution in [-0.4, -0.2) is 49.1 Å². The fourth-order valence-corrected chi connectivity index (χ4v) is 3.01. The van der Waals surface area contributed by atoms with Crippen LogP contribution < -0.4 is 0 Å². The Bertz CT molecular complexity index is 304. The maximum absolute atomic E-state index is 8.84. The van der Waals surface area contributed by atoms with Crippen LogP contribution in [0.2, 0.25) is 0 Å². The van der Waals surface area contributed by atoms with E-state index in [4.69, 9.17) is 5.26 Å². The molecule has 0 amide bonds. The molecule has 1 saturated heterocycles. The van der Waals surface area contributed by atoms with Crippen LogP contribution in [0.25, 0.3) is 0 Å². The molecule has 0 unspecified atom stereocenters. The third-order valence-corrected chi connectivity index (χ3v) is 4.65. The summed E-state index contributed by atoms with van der Waals surface area (Å²) in [4.78, 5) is 5.23. The molecule has 0 aromatic heterocycles. The Morgan fingerprint density at radius 2 is 1.71 bits per heavy atom. The van der Waals surface area contributed by atoms with Gasteiger partial charge in [0.25, 0.3) is 0 Å². The van der Waals surface area contributed by atoms with Crippen molar-refractivity contribution in [3.8, 4) is 6.07 Å². The maximum atomic E-state index is 8.84. The minimum Gasteiger partial charge on any atom is -0.301 e. The topological polar surface area (TPSA) is 30.3 Å². The number of hydrogen-bond acceptors (Lipinski definition) is 3. The SMILES string of the molecule is N#CCC1(CN2CCN(CC3CC3)CC2)CC1. The largest absolute Gasteiger partial charge is 0.301 e. The second-order valence-electron chi connectivity index (χ2n) is 6.36. The van der Waals surface area contributed by atoms with Gasteiger partial charge < -0.3 is 9.80 Å². The Hall–Kier alpha value is -0.590. The van der Waals surface area contributed by atoms with Crippen LogP contribution in [0, 0.1) is 22.7 Å². The van der Waals surface area contributed by atoms with Gasteiger partial charge in [0.2, 0.25) is 0 Å². The van der Waals surface area contributed by atoms with Crippen LogP contribution >= 0.6 is 0 Å². The summed E-state index contributed by atoms with van der Waals surface area (Å²) >= 11 is 0. The minimum atomic E-state index is 0.396. The van der Waals surface area contributed by atoms with Gasteiger partial charge in [0, 0.05) is 45.7 Å². The zero-order valence-electron chi connectivity index (χ0n) is 10.7. The van der Waals surface area contributed by atoms with Gasteiger partial charge in [-0.25, -0.2) is 0 Å². The highest BCUT2D eigenvalue weighted by molar-refractivity contribution is 5.01. The van der Waals surface area contributed by atoms with E-state index in [1.807, 2.05) is 0 Å².